The van der Waals surface area contributed by atoms with E-state index in [0.29, 0.717) is 49.2 Å². The molecule has 3 aromatic rings. The summed E-state index contributed by atoms with van der Waals surface area (Å²) in [6.07, 6.45) is 7.79. The molecule has 2 aliphatic heterocycles. The van der Waals surface area contributed by atoms with Crippen LogP contribution in [0.2, 0.25) is 0 Å². The van der Waals surface area contributed by atoms with Crippen molar-refractivity contribution in [1.29, 1.82) is 0 Å². The second kappa shape index (κ2) is 11.5. The van der Waals surface area contributed by atoms with Crippen LogP contribution in [0.4, 0.5) is 0 Å². The molecule has 0 spiro atoms. The van der Waals surface area contributed by atoms with Crippen LogP contribution in [-0.2, 0) is 25.4 Å². The number of amides is 2. The smallest absolute Gasteiger partial charge is 0.251 e. The molecule has 0 saturated carbocycles. The highest BCUT2D eigenvalue weighted by molar-refractivity contribution is 7.88. The number of unbranched alkanes of at least 4 members (excludes halogenated alkanes) is 1. The number of hydrogen-bond acceptors (Lipinski definition) is 8. The second-order valence-electron chi connectivity index (χ2n) is 9.67. The molecule has 12 heteroatoms. The van der Waals surface area contributed by atoms with Crippen LogP contribution in [0, 0.1) is 0 Å². The highest BCUT2D eigenvalue weighted by atomic mass is 32.2. The number of oxazole rings is 1. The second-order valence-corrected chi connectivity index (χ2v) is 11.6. The summed E-state index contributed by atoms with van der Waals surface area (Å²) >= 11 is 0. The fourth-order valence-electron chi connectivity index (χ4n) is 5.18. The number of nitrogens with zero attached hydrogens (tertiary/aromatic N) is 4. The molecule has 0 aliphatic carbocycles. The summed E-state index contributed by atoms with van der Waals surface area (Å²) in [6, 6.07) is 9.07. The third-order valence-electron chi connectivity index (χ3n) is 7.09. The number of aromatic nitrogens is 2. The average Bonchev–Trinajstić information content (AvgIpc) is 3.68. The predicted octanol–water partition coefficient (Wildman–Crippen LogP) is 2.02. The molecule has 2 aromatic heterocycles. The van der Waals surface area contributed by atoms with Gasteiger partial charge in [0.2, 0.25) is 15.9 Å². The van der Waals surface area contributed by atoms with E-state index in [2.05, 4.69) is 15.3 Å². The van der Waals surface area contributed by atoms with Crippen LogP contribution >= 0.6 is 0 Å². The van der Waals surface area contributed by atoms with Gasteiger partial charge in [0.1, 0.15) is 6.04 Å². The number of pyridine rings is 1. The van der Waals surface area contributed by atoms with Crippen molar-refractivity contribution in [2.24, 2.45) is 0 Å². The lowest BCUT2D eigenvalue weighted by molar-refractivity contribution is -0.136. The van der Waals surface area contributed by atoms with Crippen LogP contribution in [0.1, 0.15) is 41.6 Å². The minimum absolute atomic E-state index is 0.170. The van der Waals surface area contributed by atoms with Crippen molar-refractivity contribution in [2.45, 2.75) is 43.5 Å². The molecule has 2 aliphatic rings. The van der Waals surface area contributed by atoms with Gasteiger partial charge < -0.3 is 14.6 Å². The van der Waals surface area contributed by atoms with E-state index in [0.717, 1.165) is 5.56 Å². The van der Waals surface area contributed by atoms with Crippen molar-refractivity contribution >= 4 is 27.6 Å². The monoisotopic (exact) mass is 551 g/mol. The van der Waals surface area contributed by atoms with Crippen molar-refractivity contribution in [3.8, 4) is 11.3 Å². The average molecular weight is 552 g/mol. The van der Waals surface area contributed by atoms with Crippen molar-refractivity contribution in [3.63, 3.8) is 0 Å². The fraction of sp³-hybridized carbons (Fsp3) is 0.370. The molecule has 2 saturated heterocycles. The molecule has 1 aromatic carbocycles. The van der Waals surface area contributed by atoms with Gasteiger partial charge in [0.25, 0.3) is 5.91 Å². The zero-order valence-corrected chi connectivity index (χ0v) is 22.0. The molecule has 2 fully saturated rings. The van der Waals surface area contributed by atoms with Crippen molar-refractivity contribution in [2.75, 3.05) is 19.6 Å². The van der Waals surface area contributed by atoms with Crippen molar-refractivity contribution < 1.29 is 27.2 Å². The summed E-state index contributed by atoms with van der Waals surface area (Å²) < 4.78 is 32.6. The van der Waals surface area contributed by atoms with Gasteiger partial charge in [-0.05, 0) is 43.0 Å². The van der Waals surface area contributed by atoms with Gasteiger partial charge in [-0.3, -0.25) is 19.4 Å². The van der Waals surface area contributed by atoms with E-state index >= 15 is 0 Å². The molecule has 1 N–H and O–H groups in total. The summed E-state index contributed by atoms with van der Waals surface area (Å²) in [5.41, 5.74) is 1.89. The largest absolute Gasteiger partial charge is 0.444 e. The predicted molar refractivity (Wildman–Crippen MR) is 141 cm³/mol. The van der Waals surface area contributed by atoms with Crippen molar-refractivity contribution in [1.82, 2.24) is 24.5 Å². The van der Waals surface area contributed by atoms with Gasteiger partial charge in [-0.25, -0.2) is 13.4 Å². The van der Waals surface area contributed by atoms with E-state index in [-0.39, 0.29) is 36.3 Å². The molecule has 4 heterocycles. The number of ketones is 1. The molecule has 39 heavy (non-hydrogen) atoms. The molecule has 5 rings (SSSR count). The Labute approximate surface area is 226 Å². The number of rotatable bonds is 10. The molecule has 0 radical (unpaired) electrons. The van der Waals surface area contributed by atoms with Crippen LogP contribution < -0.4 is 5.32 Å². The van der Waals surface area contributed by atoms with E-state index in [9.17, 15) is 22.8 Å². The molecular weight excluding hydrogens is 522 g/mol. The van der Waals surface area contributed by atoms with Gasteiger partial charge in [-0.1, -0.05) is 18.2 Å². The Bertz CT molecular complexity index is 1430. The number of carbonyl (C=O) groups is 3. The maximum atomic E-state index is 13.0. The summed E-state index contributed by atoms with van der Waals surface area (Å²) in [5, 5.41) is 2.85. The lowest BCUT2D eigenvalue weighted by Crippen LogP contribution is -2.43. The fourth-order valence-corrected chi connectivity index (χ4v) is 6.90. The van der Waals surface area contributed by atoms with E-state index in [1.165, 1.54) is 21.8 Å². The third-order valence-corrected chi connectivity index (χ3v) is 8.91. The lowest BCUT2D eigenvalue weighted by atomic mass is 10.1. The summed E-state index contributed by atoms with van der Waals surface area (Å²) in [6.45, 7) is 0.536. The molecule has 2 atom stereocenters. The number of benzene rings is 1. The normalized spacial score (nSPS) is 19.3. The van der Waals surface area contributed by atoms with Gasteiger partial charge >= 0.3 is 0 Å². The first-order valence-corrected chi connectivity index (χ1v) is 14.4. The first-order chi connectivity index (χ1) is 18.8. The number of carbonyl (C=O) groups excluding carboxylic acids is 3. The quantitative estimate of drug-likeness (QED) is 0.377. The van der Waals surface area contributed by atoms with Gasteiger partial charge in [-0.2, -0.15) is 4.31 Å². The van der Waals surface area contributed by atoms with E-state index in [1.54, 1.807) is 48.8 Å². The Hall–Kier alpha value is -3.90. The van der Waals surface area contributed by atoms with Crippen LogP contribution in [0.5, 0.6) is 0 Å². The minimum atomic E-state index is -3.73. The number of likely N-dealkylation sites (tertiary alicyclic amines) is 1. The standard InChI is InChI=1S/C27H29N5O6S/c33-23-16-32(39(36,37)17-19-4-3-11-28-14-19)22-10-13-31(26(22)23)25(34)5-1-2-12-30-27(35)21-8-6-20(7-9-21)24-15-29-18-38-24/h3-4,6-9,11,14-15,18,22,26H,1-2,5,10,12-13,16-17H2,(H,30,35). The molecule has 11 nitrogen and oxygen atoms in total. The van der Waals surface area contributed by atoms with E-state index < -0.39 is 22.1 Å². The molecule has 0 bridgehead atoms. The molecule has 204 valence electrons. The van der Waals surface area contributed by atoms with E-state index in [1.807, 2.05) is 0 Å². The van der Waals surface area contributed by atoms with Crippen LogP contribution in [0.25, 0.3) is 11.3 Å². The minimum Gasteiger partial charge on any atom is -0.444 e. The number of sulfonamides is 1. The maximum Gasteiger partial charge on any atom is 0.251 e. The Balaban J connectivity index is 1.07. The number of fused-ring (bicyclic) bond motifs is 1. The highest BCUT2D eigenvalue weighted by Crippen LogP contribution is 2.33. The molecule has 2 amide bonds. The van der Waals surface area contributed by atoms with Crippen LogP contribution in [-0.4, -0.2) is 76.9 Å². The van der Waals surface area contributed by atoms with Crippen molar-refractivity contribution in [3.05, 3.63) is 72.5 Å². The Morgan fingerprint density at radius 1 is 1.08 bits per heavy atom. The SMILES string of the molecule is O=C(NCCCCC(=O)N1CCC2C1C(=O)CN2S(=O)(=O)Cc1cccnc1)c1ccc(-c2cnco2)cc1. The zero-order chi connectivity index (χ0) is 27.4. The van der Waals surface area contributed by atoms with Gasteiger partial charge in [0.15, 0.2) is 17.9 Å². The van der Waals surface area contributed by atoms with Gasteiger partial charge in [-0.15, -0.1) is 0 Å². The summed E-state index contributed by atoms with van der Waals surface area (Å²) in [4.78, 5) is 47.5. The van der Waals surface area contributed by atoms with Crippen LogP contribution in [0.3, 0.4) is 0 Å². The lowest BCUT2D eigenvalue weighted by Gasteiger charge is -2.24. The molecule has 2 unspecified atom stereocenters. The number of Topliss-reactive ketones (excluding diaryl/α,β-unsaturated/α-hetero) is 1. The Kier molecular flexibility index (Phi) is 7.84. The molecular formula is C27H29N5O6S. The van der Waals surface area contributed by atoms with Gasteiger partial charge in [0.05, 0.1) is 24.5 Å². The number of hydrogen-bond donors (Lipinski definition) is 1. The van der Waals surface area contributed by atoms with Crippen LogP contribution in [0.15, 0.2) is 65.8 Å². The summed E-state index contributed by atoms with van der Waals surface area (Å²) in [5.74, 6) is -0.243. The third kappa shape index (κ3) is 5.91. The first kappa shape index (κ1) is 26.7. The first-order valence-electron chi connectivity index (χ1n) is 12.8. The highest BCUT2D eigenvalue weighted by Gasteiger charge is 2.53. The zero-order valence-electron chi connectivity index (χ0n) is 21.2. The van der Waals surface area contributed by atoms with E-state index in [4.69, 9.17) is 4.42 Å². The Morgan fingerprint density at radius 2 is 1.90 bits per heavy atom. The Morgan fingerprint density at radius 3 is 2.62 bits per heavy atom. The van der Waals surface area contributed by atoms with Gasteiger partial charge in [0, 0.05) is 43.0 Å². The number of nitrogens with one attached hydrogen (secondary N) is 1. The summed E-state index contributed by atoms with van der Waals surface area (Å²) in [7, 11) is -3.73. The topological polar surface area (TPSA) is 143 Å². The maximum absolute atomic E-state index is 13.0.